The van der Waals surface area contributed by atoms with Gasteiger partial charge in [0.15, 0.2) is 5.96 Å². The van der Waals surface area contributed by atoms with Crippen molar-refractivity contribution in [2.45, 2.75) is 25.6 Å². The molecule has 6 nitrogen and oxygen atoms in total. The van der Waals surface area contributed by atoms with Crippen molar-refractivity contribution in [3.8, 4) is 0 Å². The van der Waals surface area contributed by atoms with E-state index in [2.05, 4.69) is 57.4 Å². The smallest absolute Gasteiger partial charge is 0.193 e. The number of nitrogens with zero attached hydrogens (tertiary/aromatic N) is 3. The van der Waals surface area contributed by atoms with E-state index in [9.17, 15) is 0 Å². The molecule has 1 N–H and O–H groups in total. The third-order valence-electron chi connectivity index (χ3n) is 5.73. The molecule has 3 fully saturated rings. The highest BCUT2D eigenvalue weighted by atomic mass is 16.5. The number of likely N-dealkylation sites (tertiary alicyclic amines) is 1. The third-order valence-corrected chi connectivity index (χ3v) is 5.73. The SMILES string of the molecule is CN=C(NCC1(C)COC1)N1CC2OCCN(Cc3ccccc3)C2C1. The Hall–Kier alpha value is -1.63. The lowest BCUT2D eigenvalue weighted by Gasteiger charge is -2.39. The van der Waals surface area contributed by atoms with Gasteiger partial charge >= 0.3 is 0 Å². The quantitative estimate of drug-likeness (QED) is 0.647. The first-order valence-electron chi connectivity index (χ1n) is 9.60. The zero-order valence-corrected chi connectivity index (χ0v) is 15.9. The Balaban J connectivity index is 1.38. The summed E-state index contributed by atoms with van der Waals surface area (Å²) in [5.74, 6) is 0.982. The van der Waals surface area contributed by atoms with Crippen LogP contribution in [-0.4, -0.2) is 81.0 Å². The molecule has 2 atom stereocenters. The van der Waals surface area contributed by atoms with Gasteiger partial charge in [0, 0.05) is 45.2 Å². The predicted molar refractivity (Wildman–Crippen MR) is 102 cm³/mol. The van der Waals surface area contributed by atoms with Crippen molar-refractivity contribution in [2.75, 3.05) is 53.0 Å². The van der Waals surface area contributed by atoms with E-state index >= 15 is 0 Å². The Morgan fingerprint density at radius 2 is 2.08 bits per heavy atom. The van der Waals surface area contributed by atoms with Gasteiger partial charge in [0.05, 0.1) is 32.0 Å². The van der Waals surface area contributed by atoms with Crippen LogP contribution < -0.4 is 5.32 Å². The number of rotatable bonds is 4. The van der Waals surface area contributed by atoms with Crippen LogP contribution in [0.1, 0.15) is 12.5 Å². The van der Waals surface area contributed by atoms with Crippen molar-refractivity contribution in [3.05, 3.63) is 35.9 Å². The number of fused-ring (bicyclic) bond motifs is 1. The molecular formula is C20H30N4O2. The first-order chi connectivity index (χ1) is 12.7. The molecule has 3 aliphatic rings. The summed E-state index contributed by atoms with van der Waals surface area (Å²) in [6.07, 6.45) is 0.258. The maximum atomic E-state index is 6.09. The second kappa shape index (κ2) is 7.55. The molecule has 0 aromatic heterocycles. The molecule has 0 spiro atoms. The van der Waals surface area contributed by atoms with E-state index < -0.39 is 0 Å². The van der Waals surface area contributed by atoms with Crippen LogP contribution in [-0.2, 0) is 16.0 Å². The molecule has 2 unspecified atom stereocenters. The van der Waals surface area contributed by atoms with Gasteiger partial charge in [0.2, 0.25) is 0 Å². The summed E-state index contributed by atoms with van der Waals surface area (Å²) in [6.45, 7) is 9.47. The fourth-order valence-corrected chi connectivity index (χ4v) is 4.12. The maximum Gasteiger partial charge on any atom is 0.193 e. The minimum absolute atomic E-state index is 0.234. The lowest BCUT2D eigenvalue weighted by Crippen LogP contribution is -2.52. The summed E-state index contributed by atoms with van der Waals surface area (Å²) in [5, 5.41) is 3.55. The van der Waals surface area contributed by atoms with Gasteiger partial charge < -0.3 is 19.7 Å². The molecule has 3 aliphatic heterocycles. The van der Waals surface area contributed by atoms with Crippen LogP contribution in [0.3, 0.4) is 0 Å². The molecule has 142 valence electrons. The van der Waals surface area contributed by atoms with Gasteiger partial charge in [-0.1, -0.05) is 37.3 Å². The number of ether oxygens (including phenoxy) is 2. The number of hydrogen-bond acceptors (Lipinski definition) is 4. The van der Waals surface area contributed by atoms with E-state index in [0.717, 1.165) is 58.5 Å². The molecule has 26 heavy (non-hydrogen) atoms. The highest BCUT2D eigenvalue weighted by Gasteiger charge is 2.41. The normalized spacial score (nSPS) is 28.5. The molecular weight excluding hydrogens is 328 g/mol. The molecule has 6 heteroatoms. The number of benzene rings is 1. The molecule has 4 rings (SSSR count). The summed E-state index contributed by atoms with van der Waals surface area (Å²) >= 11 is 0. The number of guanidine groups is 1. The molecule has 0 amide bonds. The van der Waals surface area contributed by atoms with E-state index in [0.29, 0.717) is 6.04 Å². The first-order valence-corrected chi connectivity index (χ1v) is 9.60. The van der Waals surface area contributed by atoms with Crippen LogP contribution in [0, 0.1) is 5.41 Å². The van der Waals surface area contributed by atoms with Gasteiger partial charge in [-0.3, -0.25) is 9.89 Å². The van der Waals surface area contributed by atoms with Crippen molar-refractivity contribution in [2.24, 2.45) is 10.4 Å². The van der Waals surface area contributed by atoms with Crippen LogP contribution in [0.5, 0.6) is 0 Å². The first kappa shape index (κ1) is 17.8. The summed E-state index contributed by atoms with van der Waals surface area (Å²) in [7, 11) is 1.87. The van der Waals surface area contributed by atoms with E-state index in [-0.39, 0.29) is 11.5 Å². The lowest BCUT2D eigenvalue weighted by molar-refractivity contribution is -0.0972. The van der Waals surface area contributed by atoms with Crippen LogP contribution in [0.2, 0.25) is 0 Å². The highest BCUT2D eigenvalue weighted by Crippen LogP contribution is 2.27. The third kappa shape index (κ3) is 3.72. The van der Waals surface area contributed by atoms with Gasteiger partial charge in [0.25, 0.3) is 0 Å². The molecule has 1 aromatic rings. The highest BCUT2D eigenvalue weighted by molar-refractivity contribution is 5.80. The molecule has 3 heterocycles. The topological polar surface area (TPSA) is 49.3 Å². The Kier molecular flexibility index (Phi) is 5.16. The minimum atomic E-state index is 0.234. The Morgan fingerprint density at radius 1 is 1.27 bits per heavy atom. The summed E-state index contributed by atoms with van der Waals surface area (Å²) in [4.78, 5) is 9.43. The van der Waals surface area contributed by atoms with Gasteiger partial charge in [-0.25, -0.2) is 0 Å². The van der Waals surface area contributed by atoms with Crippen molar-refractivity contribution >= 4 is 5.96 Å². The Bertz CT molecular complexity index is 632. The molecule has 0 aliphatic carbocycles. The van der Waals surface area contributed by atoms with Crippen molar-refractivity contribution in [1.82, 2.24) is 15.1 Å². The van der Waals surface area contributed by atoms with Gasteiger partial charge in [-0.05, 0) is 5.56 Å². The maximum absolute atomic E-state index is 6.09. The minimum Gasteiger partial charge on any atom is -0.380 e. The molecule has 3 saturated heterocycles. The molecule has 0 radical (unpaired) electrons. The second-order valence-electron chi connectivity index (χ2n) is 8.04. The monoisotopic (exact) mass is 358 g/mol. The number of nitrogens with one attached hydrogen (secondary N) is 1. The van der Waals surface area contributed by atoms with E-state index in [1.54, 1.807) is 0 Å². The lowest BCUT2D eigenvalue weighted by atomic mass is 9.89. The van der Waals surface area contributed by atoms with Crippen LogP contribution in [0.25, 0.3) is 0 Å². The number of aliphatic imine (C=N–C) groups is 1. The fourth-order valence-electron chi connectivity index (χ4n) is 4.12. The Labute approximate surface area is 156 Å². The largest absolute Gasteiger partial charge is 0.380 e. The molecule has 1 aromatic carbocycles. The van der Waals surface area contributed by atoms with Gasteiger partial charge in [-0.2, -0.15) is 0 Å². The van der Waals surface area contributed by atoms with Crippen molar-refractivity contribution in [1.29, 1.82) is 0 Å². The predicted octanol–water partition coefficient (Wildman–Crippen LogP) is 1.18. The summed E-state index contributed by atoms with van der Waals surface area (Å²) in [5.41, 5.74) is 1.60. The van der Waals surface area contributed by atoms with Crippen molar-refractivity contribution < 1.29 is 9.47 Å². The van der Waals surface area contributed by atoms with E-state index in [1.807, 2.05) is 7.05 Å². The average Bonchev–Trinajstić information content (AvgIpc) is 3.07. The van der Waals surface area contributed by atoms with Gasteiger partial charge in [0.1, 0.15) is 0 Å². The number of hydrogen-bond donors (Lipinski definition) is 1. The van der Waals surface area contributed by atoms with Crippen molar-refractivity contribution in [3.63, 3.8) is 0 Å². The van der Waals surface area contributed by atoms with E-state index in [4.69, 9.17) is 9.47 Å². The zero-order valence-electron chi connectivity index (χ0n) is 15.9. The fraction of sp³-hybridized carbons (Fsp3) is 0.650. The standard InChI is InChI=1S/C20H30N4O2/c1-20(14-25-15-20)13-22-19(21-2)24-11-17-18(12-24)26-9-8-23(17)10-16-6-4-3-5-7-16/h3-7,17-18H,8-15H2,1-2H3,(H,21,22). The summed E-state index contributed by atoms with van der Waals surface area (Å²) in [6, 6.07) is 11.1. The van der Waals surface area contributed by atoms with Crippen LogP contribution >= 0.6 is 0 Å². The average molecular weight is 358 g/mol. The number of morpholine rings is 1. The van der Waals surface area contributed by atoms with E-state index in [1.165, 1.54) is 5.56 Å². The van der Waals surface area contributed by atoms with Crippen LogP contribution in [0.4, 0.5) is 0 Å². The molecule has 0 bridgehead atoms. The van der Waals surface area contributed by atoms with Gasteiger partial charge in [-0.15, -0.1) is 0 Å². The molecule has 0 saturated carbocycles. The van der Waals surface area contributed by atoms with Crippen LogP contribution in [0.15, 0.2) is 35.3 Å². The second-order valence-corrected chi connectivity index (χ2v) is 8.04. The summed E-state index contributed by atoms with van der Waals surface area (Å²) < 4.78 is 11.4. The zero-order chi connectivity index (χ0) is 18.0. The Morgan fingerprint density at radius 3 is 2.77 bits per heavy atom.